The highest BCUT2D eigenvalue weighted by molar-refractivity contribution is 5.72. The molecule has 0 amide bonds. The predicted molar refractivity (Wildman–Crippen MR) is 41.9 cm³/mol. The molecule has 0 aliphatic carbocycles. The van der Waals surface area contributed by atoms with Gasteiger partial charge >= 0.3 is 0 Å². The summed E-state index contributed by atoms with van der Waals surface area (Å²) < 4.78 is 0. The fourth-order valence-corrected chi connectivity index (χ4v) is 0.701. The number of carbonyl (C=O) groups excluding carboxylic acids is 1. The summed E-state index contributed by atoms with van der Waals surface area (Å²) >= 11 is 0. The number of allylic oxidation sites excluding steroid dienone is 1. The van der Waals surface area contributed by atoms with Gasteiger partial charge in [0.15, 0.2) is 0 Å². The third-order valence-electron chi connectivity index (χ3n) is 1.12. The standard InChI is InChI=1S/C8H8N2O/c1-7-5-9-6-8(10-7)3-2-4-11/h2-6H,1H3. The molecule has 0 radical (unpaired) electrons. The van der Waals surface area contributed by atoms with Crippen LogP contribution in [0.1, 0.15) is 11.4 Å². The van der Waals surface area contributed by atoms with Crippen LogP contribution in [-0.4, -0.2) is 16.3 Å². The van der Waals surface area contributed by atoms with Crippen molar-refractivity contribution in [2.45, 2.75) is 6.92 Å². The monoisotopic (exact) mass is 148 g/mol. The summed E-state index contributed by atoms with van der Waals surface area (Å²) in [7, 11) is 0. The summed E-state index contributed by atoms with van der Waals surface area (Å²) in [4.78, 5) is 17.9. The fraction of sp³-hybridized carbons (Fsp3) is 0.125. The minimum Gasteiger partial charge on any atom is -0.299 e. The van der Waals surface area contributed by atoms with Crippen LogP contribution in [0.2, 0.25) is 0 Å². The average Bonchev–Trinajstić information content (AvgIpc) is 2.01. The maximum Gasteiger partial charge on any atom is 0.142 e. The van der Waals surface area contributed by atoms with Gasteiger partial charge in [0, 0.05) is 6.20 Å². The molecule has 1 heterocycles. The molecule has 1 aromatic rings. The molecular formula is C8H8N2O. The van der Waals surface area contributed by atoms with Crippen LogP contribution < -0.4 is 0 Å². The first-order valence-corrected chi connectivity index (χ1v) is 3.23. The predicted octanol–water partition coefficient (Wildman–Crippen LogP) is 0.997. The third kappa shape index (κ3) is 2.29. The van der Waals surface area contributed by atoms with Crippen molar-refractivity contribution in [3.05, 3.63) is 29.9 Å². The van der Waals surface area contributed by atoms with E-state index in [2.05, 4.69) is 9.97 Å². The molecule has 0 aromatic carbocycles. The van der Waals surface area contributed by atoms with Crippen molar-refractivity contribution < 1.29 is 4.79 Å². The molecule has 1 aromatic heterocycles. The first-order chi connectivity index (χ1) is 5.33. The Balaban J connectivity index is 2.87. The van der Waals surface area contributed by atoms with Gasteiger partial charge < -0.3 is 0 Å². The molecule has 0 N–H and O–H groups in total. The molecule has 0 saturated carbocycles. The highest BCUT2D eigenvalue weighted by Gasteiger charge is 1.87. The van der Waals surface area contributed by atoms with Gasteiger partial charge in [0.05, 0.1) is 17.6 Å². The van der Waals surface area contributed by atoms with E-state index in [1.807, 2.05) is 6.92 Å². The van der Waals surface area contributed by atoms with Gasteiger partial charge in [-0.05, 0) is 19.1 Å². The Bertz CT molecular complexity index is 281. The minimum absolute atomic E-state index is 0.706. The van der Waals surface area contributed by atoms with Gasteiger partial charge in [-0.3, -0.25) is 14.8 Å². The third-order valence-corrected chi connectivity index (χ3v) is 1.12. The number of aldehydes is 1. The van der Waals surface area contributed by atoms with Crippen molar-refractivity contribution in [2.75, 3.05) is 0 Å². The maximum absolute atomic E-state index is 9.93. The highest BCUT2D eigenvalue weighted by Crippen LogP contribution is 1.95. The Morgan fingerprint density at radius 2 is 2.27 bits per heavy atom. The minimum atomic E-state index is 0.706. The lowest BCUT2D eigenvalue weighted by atomic mass is 10.4. The smallest absolute Gasteiger partial charge is 0.142 e. The number of aryl methyl sites for hydroxylation is 1. The van der Waals surface area contributed by atoms with E-state index in [1.54, 1.807) is 18.5 Å². The Morgan fingerprint density at radius 3 is 2.91 bits per heavy atom. The lowest BCUT2D eigenvalue weighted by molar-refractivity contribution is -0.104. The second kappa shape index (κ2) is 3.61. The molecule has 0 spiro atoms. The topological polar surface area (TPSA) is 42.9 Å². The van der Waals surface area contributed by atoms with Crippen LogP contribution in [0.5, 0.6) is 0 Å². The molecule has 0 aliphatic rings. The van der Waals surface area contributed by atoms with E-state index in [9.17, 15) is 4.79 Å². The van der Waals surface area contributed by atoms with E-state index in [-0.39, 0.29) is 0 Å². The second-order valence-corrected chi connectivity index (χ2v) is 2.08. The number of hydrogen-bond acceptors (Lipinski definition) is 3. The molecular weight excluding hydrogens is 140 g/mol. The second-order valence-electron chi connectivity index (χ2n) is 2.08. The Kier molecular flexibility index (Phi) is 2.49. The van der Waals surface area contributed by atoms with E-state index in [1.165, 1.54) is 6.08 Å². The van der Waals surface area contributed by atoms with Gasteiger partial charge in [-0.25, -0.2) is 0 Å². The van der Waals surface area contributed by atoms with Gasteiger partial charge in [0.25, 0.3) is 0 Å². The SMILES string of the molecule is Cc1cncc(C=CC=O)n1. The molecule has 3 heteroatoms. The van der Waals surface area contributed by atoms with Crippen LogP contribution in [0, 0.1) is 6.92 Å². The summed E-state index contributed by atoms with van der Waals surface area (Å²) in [6.45, 7) is 1.85. The molecule has 11 heavy (non-hydrogen) atoms. The van der Waals surface area contributed by atoms with Crippen molar-refractivity contribution in [1.82, 2.24) is 9.97 Å². The number of carbonyl (C=O) groups is 1. The molecule has 0 saturated heterocycles. The van der Waals surface area contributed by atoms with Crippen molar-refractivity contribution in [3.8, 4) is 0 Å². The van der Waals surface area contributed by atoms with Crippen LogP contribution in [0.25, 0.3) is 6.08 Å². The van der Waals surface area contributed by atoms with Crippen LogP contribution in [0.3, 0.4) is 0 Å². The highest BCUT2D eigenvalue weighted by atomic mass is 16.1. The van der Waals surface area contributed by atoms with Crippen molar-refractivity contribution in [1.29, 1.82) is 0 Å². The lowest BCUT2D eigenvalue weighted by Gasteiger charge is -1.91. The first kappa shape index (κ1) is 7.60. The van der Waals surface area contributed by atoms with Crippen molar-refractivity contribution in [2.24, 2.45) is 0 Å². The zero-order valence-electron chi connectivity index (χ0n) is 6.19. The lowest BCUT2D eigenvalue weighted by Crippen LogP contribution is -1.86. The Morgan fingerprint density at radius 1 is 1.45 bits per heavy atom. The first-order valence-electron chi connectivity index (χ1n) is 3.23. The van der Waals surface area contributed by atoms with Crippen molar-refractivity contribution in [3.63, 3.8) is 0 Å². The maximum atomic E-state index is 9.93. The number of hydrogen-bond donors (Lipinski definition) is 0. The molecule has 0 fully saturated rings. The zero-order chi connectivity index (χ0) is 8.10. The van der Waals surface area contributed by atoms with E-state index >= 15 is 0 Å². The number of rotatable bonds is 2. The number of nitrogens with zero attached hydrogens (tertiary/aromatic N) is 2. The summed E-state index contributed by atoms with van der Waals surface area (Å²) in [5, 5.41) is 0. The normalized spacial score (nSPS) is 10.3. The summed E-state index contributed by atoms with van der Waals surface area (Å²) in [5.74, 6) is 0. The summed E-state index contributed by atoms with van der Waals surface area (Å²) in [5.41, 5.74) is 1.55. The number of aromatic nitrogens is 2. The van der Waals surface area contributed by atoms with Crippen molar-refractivity contribution >= 4 is 12.4 Å². The Hall–Kier alpha value is -1.51. The molecule has 3 nitrogen and oxygen atoms in total. The van der Waals surface area contributed by atoms with Crippen LogP contribution in [0.4, 0.5) is 0 Å². The van der Waals surface area contributed by atoms with Gasteiger partial charge in [-0.15, -0.1) is 0 Å². The van der Waals surface area contributed by atoms with E-state index in [0.29, 0.717) is 12.0 Å². The quantitative estimate of drug-likeness (QED) is 0.464. The molecule has 0 aliphatic heterocycles. The van der Waals surface area contributed by atoms with Crippen LogP contribution in [-0.2, 0) is 4.79 Å². The molecule has 0 bridgehead atoms. The van der Waals surface area contributed by atoms with Crippen LogP contribution >= 0.6 is 0 Å². The van der Waals surface area contributed by atoms with Gasteiger partial charge in [-0.1, -0.05) is 0 Å². The average molecular weight is 148 g/mol. The van der Waals surface area contributed by atoms with E-state index in [0.717, 1.165) is 5.69 Å². The molecule has 0 atom stereocenters. The van der Waals surface area contributed by atoms with Crippen LogP contribution in [0.15, 0.2) is 18.5 Å². The van der Waals surface area contributed by atoms with E-state index < -0.39 is 0 Å². The molecule has 0 unspecified atom stereocenters. The Labute approximate surface area is 64.8 Å². The molecule has 1 rings (SSSR count). The largest absolute Gasteiger partial charge is 0.299 e. The summed E-state index contributed by atoms with van der Waals surface area (Å²) in [6, 6.07) is 0. The van der Waals surface area contributed by atoms with Gasteiger partial charge in [0.1, 0.15) is 6.29 Å². The van der Waals surface area contributed by atoms with Gasteiger partial charge in [-0.2, -0.15) is 0 Å². The van der Waals surface area contributed by atoms with Gasteiger partial charge in [0.2, 0.25) is 0 Å². The molecule has 56 valence electrons. The summed E-state index contributed by atoms with van der Waals surface area (Å²) in [6.07, 6.45) is 6.99. The fourth-order valence-electron chi connectivity index (χ4n) is 0.701. The van der Waals surface area contributed by atoms with E-state index in [4.69, 9.17) is 0 Å². The zero-order valence-corrected chi connectivity index (χ0v) is 6.19.